The molecule has 3 heterocycles. The van der Waals surface area contributed by atoms with E-state index in [2.05, 4.69) is 37.7 Å². The first kappa shape index (κ1) is 20.0. The molecule has 6 heteroatoms. The number of carbonyl (C=O) groups excluding carboxylic acids is 2. The molecule has 0 aromatic carbocycles. The second-order valence-corrected chi connectivity index (χ2v) is 8.01. The minimum absolute atomic E-state index is 0.00256. The molecule has 1 fully saturated rings. The summed E-state index contributed by atoms with van der Waals surface area (Å²) in [4.78, 5) is 38.3. The summed E-state index contributed by atoms with van der Waals surface area (Å²) < 4.78 is 0. The molecule has 0 unspecified atom stereocenters. The average molecular weight is 380 g/mol. The van der Waals surface area contributed by atoms with Crippen LogP contribution in [0.15, 0.2) is 49.1 Å². The number of hydrogen-bond acceptors (Lipinski definition) is 4. The van der Waals surface area contributed by atoms with Crippen LogP contribution in [0.25, 0.3) is 0 Å². The van der Waals surface area contributed by atoms with Crippen LogP contribution in [0, 0.1) is 11.8 Å². The molecule has 2 amide bonds. The summed E-state index contributed by atoms with van der Waals surface area (Å²) in [6.07, 6.45) is 6.56. The van der Waals surface area contributed by atoms with E-state index in [1.807, 2.05) is 9.80 Å². The number of amides is 2. The van der Waals surface area contributed by atoms with Crippen molar-refractivity contribution in [3.05, 3.63) is 60.2 Å². The van der Waals surface area contributed by atoms with E-state index in [0.717, 1.165) is 0 Å². The summed E-state index contributed by atoms with van der Waals surface area (Å²) in [6.45, 7) is 9.45. The molecule has 3 rings (SSSR count). The van der Waals surface area contributed by atoms with Gasteiger partial charge in [0.25, 0.3) is 11.8 Å². The van der Waals surface area contributed by atoms with Crippen molar-refractivity contribution in [1.82, 2.24) is 19.8 Å². The molecule has 148 valence electrons. The van der Waals surface area contributed by atoms with Gasteiger partial charge < -0.3 is 9.80 Å². The first-order valence-corrected chi connectivity index (χ1v) is 9.82. The van der Waals surface area contributed by atoms with Crippen LogP contribution < -0.4 is 0 Å². The standard InChI is InChI=1S/C22H28N4O2/c1-15(2)19-13-26(22(28)18-7-11-24-12-8-18)20(16(3)4)14-25(19)21(27)17-5-9-23-10-6-17/h5-12,15-16,19-20H,13-14H2,1-4H3/t19-,20-/m0/s1. The molecule has 0 saturated carbocycles. The van der Waals surface area contributed by atoms with Crippen molar-refractivity contribution in [3.8, 4) is 0 Å². The Bertz CT molecular complexity index is 738. The van der Waals surface area contributed by atoms with Crippen molar-refractivity contribution < 1.29 is 9.59 Å². The molecule has 2 atom stereocenters. The van der Waals surface area contributed by atoms with Gasteiger partial charge in [-0.15, -0.1) is 0 Å². The largest absolute Gasteiger partial charge is 0.332 e. The van der Waals surface area contributed by atoms with Gasteiger partial charge in [-0.05, 0) is 36.1 Å². The van der Waals surface area contributed by atoms with Crippen LogP contribution in [0.1, 0.15) is 48.4 Å². The third kappa shape index (κ3) is 4.06. The van der Waals surface area contributed by atoms with E-state index < -0.39 is 0 Å². The highest BCUT2D eigenvalue weighted by molar-refractivity contribution is 5.96. The molecular formula is C22H28N4O2. The molecule has 0 N–H and O–H groups in total. The number of nitrogens with zero attached hydrogens (tertiary/aromatic N) is 4. The topological polar surface area (TPSA) is 66.4 Å². The molecule has 28 heavy (non-hydrogen) atoms. The Kier molecular flexibility index (Phi) is 6.07. The van der Waals surface area contributed by atoms with E-state index in [0.29, 0.717) is 24.2 Å². The lowest BCUT2D eigenvalue weighted by molar-refractivity contribution is 0.00178. The number of piperazine rings is 1. The van der Waals surface area contributed by atoms with Gasteiger partial charge in [-0.1, -0.05) is 27.7 Å². The summed E-state index contributed by atoms with van der Waals surface area (Å²) in [7, 11) is 0. The van der Waals surface area contributed by atoms with E-state index >= 15 is 0 Å². The highest BCUT2D eigenvalue weighted by Gasteiger charge is 2.41. The smallest absolute Gasteiger partial charge is 0.254 e. The van der Waals surface area contributed by atoms with Crippen LogP contribution in [0.4, 0.5) is 0 Å². The van der Waals surface area contributed by atoms with E-state index in [1.54, 1.807) is 49.1 Å². The number of pyridine rings is 2. The van der Waals surface area contributed by atoms with E-state index in [9.17, 15) is 9.59 Å². The van der Waals surface area contributed by atoms with Crippen molar-refractivity contribution in [2.24, 2.45) is 11.8 Å². The predicted molar refractivity (Wildman–Crippen MR) is 108 cm³/mol. The fraction of sp³-hybridized carbons (Fsp3) is 0.455. The first-order valence-electron chi connectivity index (χ1n) is 9.82. The summed E-state index contributed by atoms with van der Waals surface area (Å²) in [6, 6.07) is 6.91. The van der Waals surface area contributed by atoms with Crippen LogP contribution in [0.2, 0.25) is 0 Å². The number of hydrogen-bond donors (Lipinski definition) is 0. The van der Waals surface area contributed by atoms with Gasteiger partial charge in [0.1, 0.15) is 0 Å². The molecule has 2 aromatic rings. The Morgan fingerprint density at radius 1 is 0.750 bits per heavy atom. The highest BCUT2D eigenvalue weighted by Crippen LogP contribution is 2.27. The molecule has 1 aliphatic rings. The molecule has 1 aliphatic heterocycles. The van der Waals surface area contributed by atoms with Crippen molar-refractivity contribution in [3.63, 3.8) is 0 Å². The van der Waals surface area contributed by atoms with Gasteiger partial charge in [0, 0.05) is 49.0 Å². The van der Waals surface area contributed by atoms with Crippen LogP contribution >= 0.6 is 0 Å². The van der Waals surface area contributed by atoms with Crippen LogP contribution in [0.3, 0.4) is 0 Å². The van der Waals surface area contributed by atoms with Crippen molar-refractivity contribution >= 4 is 11.8 Å². The Morgan fingerprint density at radius 3 is 1.36 bits per heavy atom. The summed E-state index contributed by atoms with van der Waals surface area (Å²) >= 11 is 0. The maximum absolute atomic E-state index is 13.2. The van der Waals surface area contributed by atoms with Crippen molar-refractivity contribution in [2.75, 3.05) is 13.1 Å². The van der Waals surface area contributed by atoms with Crippen LogP contribution in [-0.4, -0.2) is 56.8 Å². The summed E-state index contributed by atoms with van der Waals surface area (Å²) in [5.41, 5.74) is 1.27. The number of carbonyl (C=O) groups is 2. The molecule has 0 spiro atoms. The molecular weight excluding hydrogens is 352 g/mol. The second kappa shape index (κ2) is 8.50. The van der Waals surface area contributed by atoms with E-state index in [-0.39, 0.29) is 35.7 Å². The second-order valence-electron chi connectivity index (χ2n) is 8.01. The maximum Gasteiger partial charge on any atom is 0.254 e. The SMILES string of the molecule is CC(C)[C@@H]1CN(C(=O)c2ccncc2)[C@H](C(C)C)CN1C(=O)c1ccncc1. The minimum atomic E-state index is -0.0403. The lowest BCUT2D eigenvalue weighted by atomic mass is 9.91. The lowest BCUT2D eigenvalue weighted by Crippen LogP contribution is -2.63. The van der Waals surface area contributed by atoms with Gasteiger partial charge >= 0.3 is 0 Å². The van der Waals surface area contributed by atoms with Crippen LogP contribution in [0.5, 0.6) is 0 Å². The molecule has 6 nitrogen and oxygen atoms in total. The van der Waals surface area contributed by atoms with Gasteiger partial charge in [-0.3, -0.25) is 19.6 Å². The van der Waals surface area contributed by atoms with Crippen molar-refractivity contribution in [1.29, 1.82) is 0 Å². The van der Waals surface area contributed by atoms with Crippen LogP contribution in [-0.2, 0) is 0 Å². The molecule has 0 bridgehead atoms. The molecule has 0 aliphatic carbocycles. The summed E-state index contributed by atoms with van der Waals surface area (Å²) in [5, 5.41) is 0. The quantitative estimate of drug-likeness (QED) is 0.817. The summed E-state index contributed by atoms with van der Waals surface area (Å²) in [5.74, 6) is 0.462. The molecule has 0 radical (unpaired) electrons. The van der Waals surface area contributed by atoms with Gasteiger partial charge in [0.15, 0.2) is 0 Å². The zero-order chi connectivity index (χ0) is 20.3. The predicted octanol–water partition coefficient (Wildman–Crippen LogP) is 3.12. The molecule has 1 saturated heterocycles. The Morgan fingerprint density at radius 2 is 1.07 bits per heavy atom. The Labute approximate surface area is 166 Å². The van der Waals surface area contributed by atoms with E-state index in [1.165, 1.54) is 0 Å². The van der Waals surface area contributed by atoms with Gasteiger partial charge in [0.2, 0.25) is 0 Å². The molecule has 2 aromatic heterocycles. The fourth-order valence-electron chi connectivity index (χ4n) is 3.80. The fourth-order valence-corrected chi connectivity index (χ4v) is 3.80. The number of rotatable bonds is 4. The number of aromatic nitrogens is 2. The van der Waals surface area contributed by atoms with E-state index in [4.69, 9.17) is 0 Å². The monoisotopic (exact) mass is 380 g/mol. The Hall–Kier alpha value is -2.76. The van der Waals surface area contributed by atoms with Gasteiger partial charge in [-0.25, -0.2) is 0 Å². The zero-order valence-corrected chi connectivity index (χ0v) is 16.9. The zero-order valence-electron chi connectivity index (χ0n) is 16.9. The highest BCUT2D eigenvalue weighted by atomic mass is 16.2. The van der Waals surface area contributed by atoms with Gasteiger partial charge in [0.05, 0.1) is 12.1 Å². The Balaban J connectivity index is 1.92. The lowest BCUT2D eigenvalue weighted by Gasteiger charge is -2.49. The first-order chi connectivity index (χ1) is 13.4. The van der Waals surface area contributed by atoms with Crippen molar-refractivity contribution in [2.45, 2.75) is 39.8 Å². The third-order valence-electron chi connectivity index (χ3n) is 5.48. The maximum atomic E-state index is 13.2. The average Bonchev–Trinajstić information content (AvgIpc) is 2.72. The normalized spacial score (nSPS) is 19.9. The van der Waals surface area contributed by atoms with Gasteiger partial charge in [-0.2, -0.15) is 0 Å². The minimum Gasteiger partial charge on any atom is -0.332 e. The third-order valence-corrected chi connectivity index (χ3v) is 5.48.